The molecule has 2 unspecified atom stereocenters. The van der Waals surface area contributed by atoms with Gasteiger partial charge in [0, 0.05) is 24.7 Å². The van der Waals surface area contributed by atoms with Crippen molar-refractivity contribution in [1.82, 2.24) is 10.2 Å². The Morgan fingerprint density at radius 1 is 0.927 bits per heavy atom. The van der Waals surface area contributed by atoms with Crippen LogP contribution in [0.3, 0.4) is 0 Å². The number of hydrogen-bond donors (Lipinski definition) is 1. The van der Waals surface area contributed by atoms with Crippen LogP contribution in [0.4, 0.5) is 11.4 Å². The molecular weight excluding hydrogens is 544 g/mol. The van der Waals surface area contributed by atoms with Crippen molar-refractivity contribution >= 4 is 33.2 Å². The topological polar surface area (TPSA) is 130 Å². The first-order valence-electron chi connectivity index (χ1n) is 13.5. The van der Waals surface area contributed by atoms with Gasteiger partial charge in [-0.2, -0.15) is 0 Å². The Balaban J connectivity index is 2.04. The first kappa shape index (κ1) is 31.3. The molecule has 2 amide bonds. The lowest BCUT2D eigenvalue weighted by atomic mass is 10.1. The lowest BCUT2D eigenvalue weighted by Gasteiger charge is -2.33. The molecule has 0 saturated heterocycles. The molecule has 2 atom stereocenters. The number of hydrogen-bond acceptors (Lipinski definition) is 6. The normalized spacial score (nSPS) is 12.7. The number of amides is 2. The van der Waals surface area contributed by atoms with Crippen LogP contribution in [0.15, 0.2) is 89.8 Å². The molecule has 3 aromatic carbocycles. The first-order chi connectivity index (χ1) is 19.6. The molecule has 0 fully saturated rings. The van der Waals surface area contributed by atoms with Gasteiger partial charge in [0.15, 0.2) is 0 Å². The van der Waals surface area contributed by atoms with Gasteiger partial charge >= 0.3 is 0 Å². The standard InChI is InChI=1S/C30H36N4O6S/c1-4-23(3)31-30(36)28(5-2)32(20-19-24-13-8-6-9-14-24)29(35)22-33(25-15-12-16-26(21-25)34(37)38)41(39,40)27-17-10-7-11-18-27/h6-18,21,23,28H,4-5,19-20,22H2,1-3H3,(H,31,36). The molecule has 218 valence electrons. The van der Waals surface area contributed by atoms with Crippen LogP contribution in [0.5, 0.6) is 0 Å². The van der Waals surface area contributed by atoms with Crippen LogP contribution < -0.4 is 9.62 Å². The number of nitro benzene ring substituents is 1. The number of carbonyl (C=O) groups is 2. The quantitative estimate of drug-likeness (QED) is 0.220. The second-order valence-electron chi connectivity index (χ2n) is 9.67. The van der Waals surface area contributed by atoms with E-state index in [1.54, 1.807) is 25.1 Å². The predicted octanol–water partition coefficient (Wildman–Crippen LogP) is 4.55. The van der Waals surface area contributed by atoms with Crippen molar-refractivity contribution in [3.63, 3.8) is 0 Å². The molecule has 0 spiro atoms. The minimum atomic E-state index is -4.31. The molecule has 0 radical (unpaired) electrons. The van der Waals surface area contributed by atoms with E-state index in [9.17, 15) is 28.1 Å². The van der Waals surface area contributed by atoms with Gasteiger partial charge in [-0.1, -0.05) is 68.4 Å². The maximum Gasteiger partial charge on any atom is 0.271 e. The highest BCUT2D eigenvalue weighted by Gasteiger charge is 2.34. The molecule has 0 bridgehead atoms. The van der Waals surface area contributed by atoms with Crippen molar-refractivity contribution in [3.05, 3.63) is 101 Å². The van der Waals surface area contributed by atoms with E-state index in [1.807, 2.05) is 44.2 Å². The third-order valence-electron chi connectivity index (χ3n) is 6.81. The van der Waals surface area contributed by atoms with Gasteiger partial charge in [0.05, 0.1) is 15.5 Å². The molecule has 0 saturated carbocycles. The summed E-state index contributed by atoms with van der Waals surface area (Å²) >= 11 is 0. The van der Waals surface area contributed by atoms with E-state index in [-0.39, 0.29) is 34.8 Å². The van der Waals surface area contributed by atoms with E-state index in [0.29, 0.717) is 19.3 Å². The van der Waals surface area contributed by atoms with Gasteiger partial charge in [-0.15, -0.1) is 0 Å². The second kappa shape index (κ2) is 14.4. The number of nitro groups is 1. The zero-order valence-corrected chi connectivity index (χ0v) is 24.3. The summed E-state index contributed by atoms with van der Waals surface area (Å²) in [5.74, 6) is -0.922. The zero-order chi connectivity index (χ0) is 30.0. The van der Waals surface area contributed by atoms with Gasteiger partial charge in [-0.05, 0) is 49.9 Å². The number of rotatable bonds is 14. The summed E-state index contributed by atoms with van der Waals surface area (Å²) in [4.78, 5) is 39.5. The van der Waals surface area contributed by atoms with Crippen LogP contribution in [-0.4, -0.2) is 55.2 Å². The van der Waals surface area contributed by atoms with Crippen LogP contribution in [0.2, 0.25) is 0 Å². The second-order valence-corrected chi connectivity index (χ2v) is 11.5. The minimum absolute atomic E-state index is 0.0310. The smallest absolute Gasteiger partial charge is 0.271 e. The Hall–Kier alpha value is -4.25. The molecule has 11 heteroatoms. The van der Waals surface area contributed by atoms with Crippen LogP contribution in [0.1, 0.15) is 39.2 Å². The number of non-ortho nitro benzene ring substituents is 1. The van der Waals surface area contributed by atoms with E-state index >= 15 is 0 Å². The van der Waals surface area contributed by atoms with Crippen molar-refractivity contribution in [2.24, 2.45) is 0 Å². The SMILES string of the molecule is CCC(C)NC(=O)C(CC)N(CCc1ccccc1)C(=O)CN(c1cccc([N+](=O)[O-])c1)S(=O)(=O)c1ccccc1. The molecule has 0 aliphatic carbocycles. The fourth-order valence-electron chi connectivity index (χ4n) is 4.35. The van der Waals surface area contributed by atoms with Crippen molar-refractivity contribution in [2.45, 2.75) is 57.0 Å². The zero-order valence-electron chi connectivity index (χ0n) is 23.5. The summed E-state index contributed by atoms with van der Waals surface area (Å²) in [7, 11) is -4.31. The third kappa shape index (κ3) is 8.14. The van der Waals surface area contributed by atoms with Crippen LogP contribution in [0, 0.1) is 10.1 Å². The molecule has 3 aromatic rings. The summed E-state index contributed by atoms with van der Waals surface area (Å²) in [5, 5.41) is 14.4. The van der Waals surface area contributed by atoms with Gasteiger partial charge in [-0.3, -0.25) is 24.0 Å². The van der Waals surface area contributed by atoms with Crippen LogP contribution >= 0.6 is 0 Å². The lowest BCUT2D eigenvalue weighted by Crippen LogP contribution is -2.54. The highest BCUT2D eigenvalue weighted by atomic mass is 32.2. The number of nitrogens with zero attached hydrogens (tertiary/aromatic N) is 3. The molecule has 0 aliphatic heterocycles. The van der Waals surface area contributed by atoms with Gasteiger partial charge in [0.25, 0.3) is 15.7 Å². The summed E-state index contributed by atoms with van der Waals surface area (Å²) in [6.45, 7) is 5.12. The summed E-state index contributed by atoms with van der Waals surface area (Å²) in [6, 6.07) is 21.2. The maximum absolute atomic E-state index is 14.0. The van der Waals surface area contributed by atoms with Crippen LogP contribution in [-0.2, 0) is 26.0 Å². The van der Waals surface area contributed by atoms with Crippen molar-refractivity contribution < 1.29 is 22.9 Å². The maximum atomic E-state index is 14.0. The largest absolute Gasteiger partial charge is 0.352 e. The van der Waals surface area contributed by atoms with E-state index in [1.165, 1.54) is 35.2 Å². The molecule has 0 aliphatic rings. The number of nitrogens with one attached hydrogen (secondary N) is 1. The summed E-state index contributed by atoms with van der Waals surface area (Å²) < 4.78 is 28.5. The Morgan fingerprint density at radius 2 is 1.56 bits per heavy atom. The fourth-order valence-corrected chi connectivity index (χ4v) is 5.77. The van der Waals surface area contributed by atoms with Crippen molar-refractivity contribution in [2.75, 3.05) is 17.4 Å². The van der Waals surface area contributed by atoms with Crippen molar-refractivity contribution in [1.29, 1.82) is 0 Å². The average molecular weight is 581 g/mol. The molecule has 3 rings (SSSR count). The monoisotopic (exact) mass is 580 g/mol. The molecule has 10 nitrogen and oxygen atoms in total. The van der Waals surface area contributed by atoms with Gasteiger partial charge in [-0.25, -0.2) is 8.42 Å². The number of anilines is 1. The Bertz CT molecular complexity index is 1430. The number of benzene rings is 3. The fraction of sp³-hybridized carbons (Fsp3) is 0.333. The number of sulfonamides is 1. The van der Waals surface area contributed by atoms with Crippen LogP contribution in [0.25, 0.3) is 0 Å². The summed E-state index contributed by atoms with van der Waals surface area (Å²) in [5.41, 5.74) is 0.606. The molecule has 0 aromatic heterocycles. The molecule has 41 heavy (non-hydrogen) atoms. The minimum Gasteiger partial charge on any atom is -0.352 e. The Morgan fingerprint density at radius 3 is 2.15 bits per heavy atom. The van der Waals surface area contributed by atoms with E-state index in [2.05, 4.69) is 5.32 Å². The highest BCUT2D eigenvalue weighted by Crippen LogP contribution is 2.27. The molecule has 1 N–H and O–H groups in total. The average Bonchev–Trinajstić information content (AvgIpc) is 2.98. The molecular formula is C30H36N4O6S. The Kier molecular flexibility index (Phi) is 11.0. The van der Waals surface area contributed by atoms with Crippen molar-refractivity contribution in [3.8, 4) is 0 Å². The first-order valence-corrected chi connectivity index (χ1v) is 15.0. The molecule has 0 heterocycles. The highest BCUT2D eigenvalue weighted by molar-refractivity contribution is 7.92. The number of carbonyl (C=O) groups excluding carboxylic acids is 2. The van der Waals surface area contributed by atoms with Gasteiger partial charge < -0.3 is 10.2 Å². The Labute approximate surface area is 241 Å². The summed E-state index contributed by atoms with van der Waals surface area (Å²) in [6.07, 6.45) is 1.46. The van der Waals surface area contributed by atoms with E-state index in [0.717, 1.165) is 15.9 Å². The third-order valence-corrected chi connectivity index (χ3v) is 8.60. The van der Waals surface area contributed by atoms with Gasteiger partial charge in [0.2, 0.25) is 11.8 Å². The van der Waals surface area contributed by atoms with E-state index < -0.39 is 33.4 Å². The van der Waals surface area contributed by atoms with Gasteiger partial charge in [0.1, 0.15) is 12.6 Å². The van der Waals surface area contributed by atoms with E-state index in [4.69, 9.17) is 0 Å². The lowest BCUT2D eigenvalue weighted by molar-refractivity contribution is -0.384. The predicted molar refractivity (Wildman–Crippen MR) is 158 cm³/mol.